The van der Waals surface area contributed by atoms with Gasteiger partial charge in [-0.2, -0.15) is 0 Å². The zero-order valence-corrected chi connectivity index (χ0v) is 11.1. The van der Waals surface area contributed by atoms with Gasteiger partial charge >= 0.3 is 91.1 Å². The summed E-state index contributed by atoms with van der Waals surface area (Å²) in [5.74, 6) is -2.89. The molecule has 3 aliphatic rings. The first-order valence-electron chi connectivity index (χ1n) is 4.27. The standard InChI is InChI=1S/C8H9O4.Cd/c9-7(10)5-3-1-4(2-3)6(5)8(11)12;/h3,5-6H,1-2H2,(H,9,10)(H,11,12);. The van der Waals surface area contributed by atoms with Crippen molar-refractivity contribution in [3.63, 3.8) is 0 Å². The average molecular weight is 282 g/mol. The quantitative estimate of drug-likeness (QED) is 0.724. The molecule has 0 aliphatic heterocycles. The molecule has 2 unspecified atom stereocenters. The number of hydrogen-bond acceptors (Lipinski definition) is 2. The SMILES string of the molecule is O=C(O)C1C2C[C]([Cd])(C2)C1C(=O)O. The first-order chi connectivity index (χ1) is 5.96. The van der Waals surface area contributed by atoms with E-state index in [9.17, 15) is 9.59 Å². The van der Waals surface area contributed by atoms with Crippen molar-refractivity contribution >= 4 is 11.9 Å². The normalized spacial score (nSPS) is 47.1. The molecule has 0 heterocycles. The second kappa shape index (κ2) is 2.68. The summed E-state index contributed by atoms with van der Waals surface area (Å²) in [5, 5.41) is 17.9. The maximum absolute atomic E-state index is 10.9. The molecule has 3 fully saturated rings. The topological polar surface area (TPSA) is 74.6 Å². The van der Waals surface area contributed by atoms with Crippen molar-refractivity contribution in [1.82, 2.24) is 0 Å². The average Bonchev–Trinajstić information content (AvgIpc) is 2.34. The van der Waals surface area contributed by atoms with Gasteiger partial charge in [-0.25, -0.2) is 0 Å². The molecule has 0 spiro atoms. The molecule has 0 saturated heterocycles. The Labute approximate surface area is 91.0 Å². The second-order valence-corrected chi connectivity index (χ2v) is 8.23. The summed E-state index contributed by atoms with van der Waals surface area (Å²) in [5.41, 5.74) is 0. The number of rotatable bonds is 2. The van der Waals surface area contributed by atoms with E-state index in [1.165, 1.54) is 0 Å². The number of hydrogen-bond donors (Lipinski definition) is 2. The van der Waals surface area contributed by atoms with Gasteiger partial charge in [-0.3, -0.25) is 0 Å². The van der Waals surface area contributed by atoms with Crippen LogP contribution in [0.4, 0.5) is 0 Å². The van der Waals surface area contributed by atoms with Crippen LogP contribution in [0.3, 0.4) is 0 Å². The Hall–Kier alpha value is -0.138. The fourth-order valence-corrected chi connectivity index (χ4v) is 6.24. The van der Waals surface area contributed by atoms with Gasteiger partial charge in [-0.1, -0.05) is 0 Å². The van der Waals surface area contributed by atoms with Gasteiger partial charge in [0.25, 0.3) is 0 Å². The van der Waals surface area contributed by atoms with E-state index in [2.05, 4.69) is 0 Å². The van der Waals surface area contributed by atoms with Gasteiger partial charge in [-0.15, -0.1) is 0 Å². The van der Waals surface area contributed by atoms with Gasteiger partial charge in [0.2, 0.25) is 0 Å². The predicted octanol–water partition coefficient (Wildman–Crippen LogP) is 0.517. The van der Waals surface area contributed by atoms with E-state index in [0.29, 0.717) is 25.8 Å². The van der Waals surface area contributed by atoms with Gasteiger partial charge in [0.1, 0.15) is 0 Å². The van der Waals surface area contributed by atoms with Crippen LogP contribution >= 0.6 is 0 Å². The summed E-state index contributed by atoms with van der Waals surface area (Å²) in [7, 11) is 0. The van der Waals surface area contributed by atoms with E-state index < -0.39 is 23.8 Å². The van der Waals surface area contributed by atoms with Crippen molar-refractivity contribution in [1.29, 1.82) is 0 Å². The molecule has 0 radical (unpaired) electrons. The second-order valence-electron chi connectivity index (χ2n) is 4.21. The van der Waals surface area contributed by atoms with Crippen molar-refractivity contribution < 1.29 is 45.6 Å². The van der Waals surface area contributed by atoms with E-state index in [4.69, 9.17) is 10.2 Å². The number of aliphatic carboxylic acids is 2. The molecule has 2 bridgehead atoms. The van der Waals surface area contributed by atoms with Crippen molar-refractivity contribution in [3.8, 4) is 0 Å². The van der Waals surface area contributed by atoms with E-state index in [1.54, 1.807) is 0 Å². The van der Waals surface area contributed by atoms with Crippen molar-refractivity contribution in [3.05, 3.63) is 0 Å². The Bertz CT molecular complexity index is 282. The van der Waals surface area contributed by atoms with Gasteiger partial charge in [0.05, 0.1) is 0 Å². The number of carbonyl (C=O) groups is 2. The van der Waals surface area contributed by atoms with Crippen molar-refractivity contribution in [2.24, 2.45) is 17.8 Å². The van der Waals surface area contributed by atoms with Crippen LogP contribution in [-0.2, 0) is 35.4 Å². The van der Waals surface area contributed by atoms with Crippen LogP contribution in [0, 0.1) is 17.8 Å². The third-order valence-electron chi connectivity index (χ3n) is 3.42. The molecule has 4 nitrogen and oxygen atoms in total. The van der Waals surface area contributed by atoms with Crippen molar-refractivity contribution in [2.75, 3.05) is 0 Å². The van der Waals surface area contributed by atoms with E-state index in [0.717, 1.165) is 12.8 Å². The minimum atomic E-state index is -0.919. The first-order valence-corrected chi connectivity index (χ1v) is 6.28. The Morgan fingerprint density at radius 1 is 1.23 bits per heavy atom. The fraction of sp³-hybridized carbons (Fsp3) is 0.750. The molecule has 3 aliphatic carbocycles. The molecule has 67 valence electrons. The molecule has 13 heavy (non-hydrogen) atoms. The number of carboxylic acids is 2. The van der Waals surface area contributed by atoms with E-state index in [1.807, 2.05) is 0 Å². The summed E-state index contributed by atoms with van der Waals surface area (Å²) in [6.45, 7) is 0. The fourth-order valence-electron chi connectivity index (χ4n) is 2.91. The predicted molar refractivity (Wildman–Crippen MR) is 37.7 cm³/mol. The first kappa shape index (κ1) is 9.42. The van der Waals surface area contributed by atoms with Gasteiger partial charge in [0.15, 0.2) is 0 Å². The van der Waals surface area contributed by atoms with Crippen molar-refractivity contribution in [2.45, 2.75) is 15.8 Å². The molecule has 2 N–H and O–H groups in total. The zero-order chi connectivity index (χ0) is 9.80. The summed E-state index contributed by atoms with van der Waals surface area (Å²) < 4.78 is -0.0804. The van der Waals surface area contributed by atoms with Crippen LogP contribution in [0.2, 0.25) is 2.97 Å². The molecule has 3 saturated carbocycles. The maximum atomic E-state index is 10.9. The van der Waals surface area contributed by atoms with E-state index >= 15 is 0 Å². The Morgan fingerprint density at radius 3 is 2.08 bits per heavy atom. The molecule has 0 amide bonds. The van der Waals surface area contributed by atoms with Gasteiger partial charge < -0.3 is 0 Å². The molecule has 3 rings (SSSR count). The minimum absolute atomic E-state index is 0.0804. The van der Waals surface area contributed by atoms with Crippen LogP contribution in [0.25, 0.3) is 0 Å². The monoisotopic (exact) mass is 283 g/mol. The molecular weight excluding hydrogens is 272 g/mol. The summed E-state index contributed by atoms with van der Waals surface area (Å²) >= 11 is 0.557. The molecule has 2 atom stereocenters. The Kier molecular flexibility index (Phi) is 1.94. The summed E-state index contributed by atoms with van der Waals surface area (Å²) in [6.07, 6.45) is 1.68. The molecule has 0 aromatic carbocycles. The van der Waals surface area contributed by atoms with Crippen LogP contribution < -0.4 is 0 Å². The van der Waals surface area contributed by atoms with Crippen LogP contribution in [0.5, 0.6) is 0 Å². The molecular formula is C8H9CdO4. The van der Waals surface area contributed by atoms with Gasteiger partial charge in [-0.05, 0) is 0 Å². The van der Waals surface area contributed by atoms with E-state index in [-0.39, 0.29) is 8.89 Å². The van der Waals surface area contributed by atoms with Crippen LogP contribution in [-0.4, -0.2) is 22.2 Å². The molecule has 5 heteroatoms. The van der Waals surface area contributed by atoms with Crippen LogP contribution in [0.15, 0.2) is 0 Å². The zero-order valence-electron chi connectivity index (χ0n) is 7.06. The Balaban J connectivity index is 2.31. The third-order valence-corrected chi connectivity index (χ3v) is 6.32. The number of fused-ring (bicyclic) bond motifs is 1. The van der Waals surface area contributed by atoms with Gasteiger partial charge in [0, 0.05) is 0 Å². The summed E-state index contributed by atoms with van der Waals surface area (Å²) in [4.78, 5) is 21.8. The molecule has 0 aromatic rings. The number of carboxylic acid groups (broad SMARTS) is 2. The Morgan fingerprint density at radius 2 is 1.77 bits per heavy atom. The third kappa shape index (κ3) is 1.14. The molecule has 0 aromatic heterocycles. The van der Waals surface area contributed by atoms with Crippen LogP contribution in [0.1, 0.15) is 12.8 Å². The summed E-state index contributed by atoms with van der Waals surface area (Å²) in [6, 6.07) is 0.